The van der Waals surface area contributed by atoms with Crippen LogP contribution >= 0.6 is 22.9 Å². The zero-order valence-electron chi connectivity index (χ0n) is 18.7. The SMILES string of the molecule is CS(=O)(=O)C1CCC(COCc2csc3nc(C(=O)NCc4cccc(Cl)c4)[nH]c(=O)c23)CC1. The quantitative estimate of drug-likeness (QED) is 0.465. The molecule has 34 heavy (non-hydrogen) atoms. The first-order valence-corrected chi connectivity index (χ1v) is 14.2. The van der Waals surface area contributed by atoms with Gasteiger partial charge in [0.1, 0.15) is 14.7 Å². The topological polar surface area (TPSA) is 118 Å². The lowest BCUT2D eigenvalue weighted by atomic mass is 9.89. The molecule has 2 N–H and O–H groups in total. The van der Waals surface area contributed by atoms with Gasteiger partial charge in [-0.2, -0.15) is 0 Å². The molecule has 8 nitrogen and oxygen atoms in total. The van der Waals surface area contributed by atoms with Gasteiger partial charge in [0.25, 0.3) is 11.5 Å². The lowest BCUT2D eigenvalue weighted by Gasteiger charge is -2.27. The van der Waals surface area contributed by atoms with Gasteiger partial charge in [0, 0.05) is 30.0 Å². The normalized spacial score (nSPS) is 18.8. The van der Waals surface area contributed by atoms with Gasteiger partial charge in [-0.3, -0.25) is 9.59 Å². The number of hydrogen-bond acceptors (Lipinski definition) is 7. The van der Waals surface area contributed by atoms with Crippen molar-refractivity contribution in [2.24, 2.45) is 5.92 Å². The molecule has 1 aromatic carbocycles. The number of ether oxygens (including phenoxy) is 1. The fourth-order valence-corrected chi connectivity index (χ4v) is 6.46. The molecule has 0 atom stereocenters. The van der Waals surface area contributed by atoms with Crippen LogP contribution in [0.25, 0.3) is 10.2 Å². The first-order chi connectivity index (χ1) is 16.2. The summed E-state index contributed by atoms with van der Waals surface area (Å²) < 4.78 is 29.3. The van der Waals surface area contributed by atoms with Crippen molar-refractivity contribution in [3.8, 4) is 0 Å². The van der Waals surface area contributed by atoms with Crippen LogP contribution in [0.5, 0.6) is 0 Å². The Balaban J connectivity index is 1.34. The van der Waals surface area contributed by atoms with Gasteiger partial charge in [-0.15, -0.1) is 11.3 Å². The van der Waals surface area contributed by atoms with E-state index in [1.807, 2.05) is 11.4 Å². The molecular formula is C23H26ClN3O5S2. The Morgan fingerprint density at radius 2 is 2.06 bits per heavy atom. The maximum atomic E-state index is 12.7. The summed E-state index contributed by atoms with van der Waals surface area (Å²) in [7, 11) is -2.98. The number of aromatic nitrogens is 2. The number of nitrogens with zero attached hydrogens (tertiary/aromatic N) is 1. The molecule has 1 aliphatic carbocycles. The molecule has 2 heterocycles. The second kappa shape index (κ2) is 10.6. The number of fused-ring (bicyclic) bond motifs is 1. The molecular weight excluding hydrogens is 498 g/mol. The summed E-state index contributed by atoms with van der Waals surface area (Å²) in [5, 5.41) is 5.32. The highest BCUT2D eigenvalue weighted by molar-refractivity contribution is 7.91. The maximum Gasteiger partial charge on any atom is 0.287 e. The lowest BCUT2D eigenvalue weighted by Crippen LogP contribution is -2.28. The summed E-state index contributed by atoms with van der Waals surface area (Å²) in [5.74, 6) is -0.208. The smallest absolute Gasteiger partial charge is 0.287 e. The van der Waals surface area contributed by atoms with E-state index in [1.54, 1.807) is 18.2 Å². The van der Waals surface area contributed by atoms with Crippen molar-refractivity contribution < 1.29 is 17.9 Å². The predicted molar refractivity (Wildman–Crippen MR) is 133 cm³/mol. The summed E-state index contributed by atoms with van der Waals surface area (Å²) >= 11 is 7.25. The van der Waals surface area contributed by atoms with Gasteiger partial charge in [0.15, 0.2) is 0 Å². The molecule has 182 valence electrons. The molecule has 0 radical (unpaired) electrons. The van der Waals surface area contributed by atoms with E-state index in [2.05, 4.69) is 15.3 Å². The van der Waals surface area contributed by atoms with E-state index in [-0.39, 0.29) is 29.8 Å². The van der Waals surface area contributed by atoms with Crippen molar-refractivity contribution >= 4 is 48.9 Å². The largest absolute Gasteiger partial charge is 0.376 e. The number of H-pyrrole nitrogens is 1. The van der Waals surface area contributed by atoms with E-state index in [4.69, 9.17) is 16.3 Å². The number of amides is 1. The second-order valence-electron chi connectivity index (χ2n) is 8.66. The third-order valence-electron chi connectivity index (χ3n) is 6.09. The third-order valence-corrected chi connectivity index (χ3v) is 8.93. The van der Waals surface area contributed by atoms with Crippen LogP contribution in [0.4, 0.5) is 0 Å². The maximum absolute atomic E-state index is 12.7. The van der Waals surface area contributed by atoms with Crippen molar-refractivity contribution in [2.45, 2.75) is 44.1 Å². The Kier molecular flexibility index (Phi) is 7.71. The fourth-order valence-electron chi connectivity index (χ4n) is 4.20. The molecule has 11 heteroatoms. The van der Waals surface area contributed by atoms with Crippen LogP contribution in [0.15, 0.2) is 34.4 Å². The zero-order chi connectivity index (χ0) is 24.3. The summed E-state index contributed by atoms with van der Waals surface area (Å²) in [6.07, 6.45) is 4.27. The standard InChI is InChI=1S/C23H26ClN3O5S2/c1-34(30,31)18-7-5-14(6-8-18)11-32-12-16-13-33-23-19(16)21(28)26-20(27-23)22(29)25-10-15-3-2-4-17(24)9-15/h2-4,9,13-14,18H,5-8,10-12H2,1H3,(H,25,29)(H,26,27,28). The minimum absolute atomic E-state index is 0.0449. The number of carbonyl (C=O) groups is 1. The monoisotopic (exact) mass is 523 g/mol. The Morgan fingerprint density at radius 3 is 2.76 bits per heavy atom. The molecule has 0 bridgehead atoms. The van der Waals surface area contributed by atoms with Crippen LogP contribution in [0.2, 0.25) is 5.02 Å². The van der Waals surface area contributed by atoms with Crippen LogP contribution in [0.3, 0.4) is 0 Å². The third kappa shape index (κ3) is 6.04. The Hall–Kier alpha value is -2.27. The highest BCUT2D eigenvalue weighted by Gasteiger charge is 2.28. The van der Waals surface area contributed by atoms with E-state index < -0.39 is 15.7 Å². The summed E-state index contributed by atoms with van der Waals surface area (Å²) in [6, 6.07) is 7.14. The van der Waals surface area contributed by atoms with E-state index in [1.165, 1.54) is 17.6 Å². The van der Waals surface area contributed by atoms with Crippen molar-refractivity contribution in [2.75, 3.05) is 12.9 Å². The van der Waals surface area contributed by atoms with Gasteiger partial charge in [-0.25, -0.2) is 13.4 Å². The van der Waals surface area contributed by atoms with Crippen molar-refractivity contribution in [1.82, 2.24) is 15.3 Å². The van der Waals surface area contributed by atoms with Gasteiger partial charge < -0.3 is 15.0 Å². The second-order valence-corrected chi connectivity index (χ2v) is 12.3. The minimum Gasteiger partial charge on any atom is -0.376 e. The lowest BCUT2D eigenvalue weighted by molar-refractivity contribution is 0.0750. The number of halogens is 1. The molecule has 0 spiro atoms. The molecule has 0 unspecified atom stereocenters. The van der Waals surface area contributed by atoms with Crippen molar-refractivity contribution in [3.63, 3.8) is 0 Å². The number of sulfone groups is 1. The van der Waals surface area contributed by atoms with Gasteiger partial charge in [0.05, 0.1) is 17.2 Å². The Bertz CT molecular complexity index is 1340. The molecule has 2 aromatic heterocycles. The summed E-state index contributed by atoms with van der Waals surface area (Å²) in [6.45, 7) is 1.04. The first-order valence-electron chi connectivity index (χ1n) is 11.0. The number of carbonyl (C=O) groups excluding carboxylic acids is 1. The average molecular weight is 524 g/mol. The highest BCUT2D eigenvalue weighted by Crippen LogP contribution is 2.29. The molecule has 1 saturated carbocycles. The van der Waals surface area contributed by atoms with E-state index >= 15 is 0 Å². The van der Waals surface area contributed by atoms with Crippen LogP contribution in [-0.4, -0.2) is 42.4 Å². The van der Waals surface area contributed by atoms with E-state index in [9.17, 15) is 18.0 Å². The first kappa shape index (κ1) is 24.8. The Morgan fingerprint density at radius 1 is 1.29 bits per heavy atom. The molecule has 1 fully saturated rings. The molecule has 4 rings (SSSR count). The number of benzene rings is 1. The highest BCUT2D eigenvalue weighted by atomic mass is 35.5. The van der Waals surface area contributed by atoms with Crippen molar-refractivity contribution in [3.05, 3.63) is 62.0 Å². The number of aromatic amines is 1. The van der Waals surface area contributed by atoms with Gasteiger partial charge in [0.2, 0.25) is 5.82 Å². The zero-order valence-corrected chi connectivity index (χ0v) is 21.1. The number of nitrogens with one attached hydrogen (secondary N) is 2. The number of hydrogen-bond donors (Lipinski definition) is 2. The van der Waals surface area contributed by atoms with E-state index in [0.717, 1.165) is 24.0 Å². The molecule has 0 aliphatic heterocycles. The minimum atomic E-state index is -2.98. The predicted octanol–water partition coefficient (Wildman–Crippen LogP) is 3.69. The van der Waals surface area contributed by atoms with E-state index in [0.29, 0.717) is 40.6 Å². The molecule has 1 aliphatic rings. The number of rotatable bonds is 8. The summed E-state index contributed by atoms with van der Waals surface area (Å²) in [5.41, 5.74) is 1.18. The van der Waals surface area contributed by atoms with Gasteiger partial charge >= 0.3 is 0 Å². The van der Waals surface area contributed by atoms with Crippen molar-refractivity contribution in [1.29, 1.82) is 0 Å². The Labute approximate surface area is 206 Å². The number of thiophene rings is 1. The van der Waals surface area contributed by atoms with Crippen LogP contribution < -0.4 is 10.9 Å². The fraction of sp³-hybridized carbons (Fsp3) is 0.435. The molecule has 3 aromatic rings. The molecule has 0 saturated heterocycles. The van der Waals surface area contributed by atoms with Gasteiger partial charge in [-0.05, 0) is 54.7 Å². The van der Waals surface area contributed by atoms with Crippen LogP contribution in [0.1, 0.15) is 47.4 Å². The molecule has 1 amide bonds. The van der Waals surface area contributed by atoms with Gasteiger partial charge in [-0.1, -0.05) is 23.7 Å². The van der Waals surface area contributed by atoms with Crippen LogP contribution in [-0.2, 0) is 27.7 Å². The van der Waals surface area contributed by atoms with Crippen LogP contribution in [0, 0.1) is 5.92 Å². The summed E-state index contributed by atoms with van der Waals surface area (Å²) in [4.78, 5) is 32.6. The average Bonchev–Trinajstić information content (AvgIpc) is 3.21.